The van der Waals surface area contributed by atoms with Gasteiger partial charge in [-0.2, -0.15) is 0 Å². The van der Waals surface area contributed by atoms with Crippen LogP contribution in [0.2, 0.25) is 0 Å². The van der Waals surface area contributed by atoms with E-state index >= 15 is 0 Å². The molecule has 96 valence electrons. The third-order valence-electron chi connectivity index (χ3n) is 3.44. The number of rotatable bonds is 3. The van der Waals surface area contributed by atoms with Crippen molar-refractivity contribution in [3.63, 3.8) is 0 Å². The van der Waals surface area contributed by atoms with E-state index < -0.39 is 0 Å². The maximum atomic E-state index is 11.9. The van der Waals surface area contributed by atoms with E-state index in [0.717, 1.165) is 36.6 Å². The van der Waals surface area contributed by atoms with E-state index in [9.17, 15) is 4.79 Å². The quantitative estimate of drug-likeness (QED) is 0.787. The zero-order chi connectivity index (χ0) is 12.5. The number of carbonyl (C=O) groups is 1. The molecule has 4 nitrogen and oxygen atoms in total. The van der Waals surface area contributed by atoms with Crippen LogP contribution in [-0.2, 0) is 4.79 Å². The zero-order valence-electron chi connectivity index (χ0n) is 9.89. The Morgan fingerprint density at radius 1 is 1.44 bits per heavy atom. The number of hydrogen-bond acceptors (Lipinski definition) is 4. The van der Waals surface area contributed by atoms with Gasteiger partial charge in [0.05, 0.1) is 17.6 Å². The topological polar surface area (TPSA) is 38.8 Å². The molecule has 18 heavy (non-hydrogen) atoms. The first-order valence-corrected chi connectivity index (χ1v) is 6.58. The Morgan fingerprint density at radius 3 is 3.17 bits per heavy atom. The summed E-state index contributed by atoms with van der Waals surface area (Å²) in [7, 11) is 0. The van der Waals surface area contributed by atoms with Gasteiger partial charge in [-0.05, 0) is 25.0 Å². The predicted molar refractivity (Wildman–Crippen MR) is 68.7 cm³/mol. The Bertz CT molecular complexity index is 477. The van der Waals surface area contributed by atoms with Crippen molar-refractivity contribution in [2.24, 2.45) is 0 Å². The van der Waals surface area contributed by atoms with Crippen LogP contribution in [0.15, 0.2) is 18.2 Å². The lowest BCUT2D eigenvalue weighted by molar-refractivity contribution is -0.117. The van der Waals surface area contributed by atoms with Crippen LogP contribution in [-0.4, -0.2) is 31.0 Å². The SMILES string of the molecule is O=C(CCl)[C@H]1CCCN1c1cccc2c1OCO2. The van der Waals surface area contributed by atoms with E-state index in [1.54, 1.807) is 0 Å². The molecule has 3 rings (SSSR count). The summed E-state index contributed by atoms with van der Waals surface area (Å²) in [5.74, 6) is 1.63. The number of carbonyl (C=O) groups excluding carboxylic acids is 1. The average Bonchev–Trinajstić information content (AvgIpc) is 3.05. The fraction of sp³-hybridized carbons (Fsp3) is 0.462. The third-order valence-corrected chi connectivity index (χ3v) is 3.70. The molecule has 0 bridgehead atoms. The number of alkyl halides is 1. The Balaban J connectivity index is 1.95. The molecule has 0 unspecified atom stereocenters. The lowest BCUT2D eigenvalue weighted by atomic mass is 10.1. The standard InChI is InChI=1S/C13H14ClNO3/c14-7-11(16)9-4-2-6-15(9)10-3-1-5-12-13(10)18-8-17-12/h1,3,5,9H,2,4,6-8H2/t9-/m1/s1. The Labute approximate surface area is 110 Å². The molecule has 1 saturated heterocycles. The number of benzene rings is 1. The molecule has 0 N–H and O–H groups in total. The van der Waals surface area contributed by atoms with Crippen molar-refractivity contribution >= 4 is 23.1 Å². The summed E-state index contributed by atoms with van der Waals surface area (Å²) < 4.78 is 10.9. The number of nitrogens with zero attached hydrogens (tertiary/aromatic N) is 1. The van der Waals surface area contributed by atoms with Gasteiger partial charge in [-0.15, -0.1) is 11.6 Å². The number of ether oxygens (including phenoxy) is 2. The molecule has 0 aromatic heterocycles. The molecular weight excluding hydrogens is 254 g/mol. The van der Waals surface area contributed by atoms with Gasteiger partial charge in [-0.25, -0.2) is 0 Å². The number of fused-ring (bicyclic) bond motifs is 1. The van der Waals surface area contributed by atoms with Crippen molar-refractivity contribution < 1.29 is 14.3 Å². The molecule has 0 saturated carbocycles. The zero-order valence-corrected chi connectivity index (χ0v) is 10.7. The molecule has 1 fully saturated rings. The largest absolute Gasteiger partial charge is 0.454 e. The molecule has 0 spiro atoms. The molecule has 2 aliphatic heterocycles. The van der Waals surface area contributed by atoms with Crippen LogP contribution >= 0.6 is 11.6 Å². The van der Waals surface area contributed by atoms with Gasteiger partial charge >= 0.3 is 0 Å². The van der Waals surface area contributed by atoms with Crippen LogP contribution in [0.1, 0.15) is 12.8 Å². The lowest BCUT2D eigenvalue weighted by Gasteiger charge is -2.26. The first-order chi connectivity index (χ1) is 8.81. The summed E-state index contributed by atoms with van der Waals surface area (Å²) in [4.78, 5) is 13.9. The van der Waals surface area contributed by atoms with E-state index in [1.807, 2.05) is 18.2 Å². The van der Waals surface area contributed by atoms with Gasteiger partial charge < -0.3 is 14.4 Å². The Kier molecular flexibility index (Phi) is 3.04. The minimum atomic E-state index is -0.127. The van der Waals surface area contributed by atoms with Crippen molar-refractivity contribution in [1.29, 1.82) is 0 Å². The van der Waals surface area contributed by atoms with Crippen molar-refractivity contribution in [2.75, 3.05) is 24.1 Å². The summed E-state index contributed by atoms with van der Waals surface area (Å²) in [5, 5.41) is 0. The summed E-state index contributed by atoms with van der Waals surface area (Å²) >= 11 is 5.67. The van der Waals surface area contributed by atoms with Crippen LogP contribution in [0.5, 0.6) is 11.5 Å². The second-order valence-corrected chi connectivity index (χ2v) is 4.73. The Morgan fingerprint density at radius 2 is 2.33 bits per heavy atom. The molecule has 1 aromatic carbocycles. The third kappa shape index (κ3) is 1.81. The van der Waals surface area contributed by atoms with Crippen LogP contribution in [0.25, 0.3) is 0 Å². The number of anilines is 1. The van der Waals surface area contributed by atoms with Crippen LogP contribution in [0.3, 0.4) is 0 Å². The minimum absolute atomic E-state index is 0.0630. The minimum Gasteiger partial charge on any atom is -0.454 e. The predicted octanol–water partition coefficient (Wildman–Crippen LogP) is 2.19. The molecule has 0 amide bonds. The molecule has 1 atom stereocenters. The fourth-order valence-corrected chi connectivity index (χ4v) is 2.80. The van der Waals surface area contributed by atoms with Crippen LogP contribution in [0.4, 0.5) is 5.69 Å². The molecule has 0 radical (unpaired) electrons. The summed E-state index contributed by atoms with van der Waals surface area (Å²) in [5.41, 5.74) is 0.936. The number of halogens is 1. The fourth-order valence-electron chi connectivity index (χ4n) is 2.62. The highest BCUT2D eigenvalue weighted by molar-refractivity contribution is 6.28. The lowest BCUT2D eigenvalue weighted by Crippen LogP contribution is -2.36. The monoisotopic (exact) mass is 267 g/mol. The first-order valence-electron chi connectivity index (χ1n) is 6.05. The normalized spacial score (nSPS) is 21.4. The van der Waals surface area contributed by atoms with E-state index in [1.165, 1.54) is 0 Å². The summed E-state index contributed by atoms with van der Waals surface area (Å²) in [6.07, 6.45) is 1.86. The molecule has 2 heterocycles. The molecule has 5 heteroatoms. The van der Waals surface area contributed by atoms with Gasteiger partial charge in [0.2, 0.25) is 6.79 Å². The van der Waals surface area contributed by atoms with E-state index in [-0.39, 0.29) is 24.5 Å². The molecule has 0 aliphatic carbocycles. The highest BCUT2D eigenvalue weighted by atomic mass is 35.5. The molecular formula is C13H14ClNO3. The number of ketones is 1. The van der Waals surface area contributed by atoms with Gasteiger partial charge in [-0.1, -0.05) is 6.07 Å². The maximum Gasteiger partial charge on any atom is 0.231 e. The van der Waals surface area contributed by atoms with Crippen molar-refractivity contribution in [3.8, 4) is 11.5 Å². The van der Waals surface area contributed by atoms with Gasteiger partial charge in [0, 0.05) is 6.54 Å². The maximum absolute atomic E-state index is 11.9. The van der Waals surface area contributed by atoms with Gasteiger partial charge in [0.15, 0.2) is 17.3 Å². The summed E-state index contributed by atoms with van der Waals surface area (Å²) in [6.45, 7) is 1.10. The Hall–Kier alpha value is -1.42. The second kappa shape index (κ2) is 4.69. The van der Waals surface area contributed by atoms with E-state index in [0.29, 0.717) is 0 Å². The summed E-state index contributed by atoms with van der Waals surface area (Å²) in [6, 6.07) is 5.63. The molecule has 2 aliphatic rings. The van der Waals surface area contributed by atoms with Gasteiger partial charge in [-0.3, -0.25) is 4.79 Å². The number of para-hydroxylation sites is 1. The highest BCUT2D eigenvalue weighted by Gasteiger charge is 2.33. The van der Waals surface area contributed by atoms with Crippen molar-refractivity contribution in [1.82, 2.24) is 0 Å². The van der Waals surface area contributed by atoms with E-state index in [2.05, 4.69) is 4.90 Å². The molecule has 1 aromatic rings. The first kappa shape index (κ1) is 11.7. The number of Topliss-reactive ketones (excluding diaryl/α,β-unsaturated/α-hetero) is 1. The highest BCUT2D eigenvalue weighted by Crippen LogP contribution is 2.43. The smallest absolute Gasteiger partial charge is 0.231 e. The number of hydrogen-bond donors (Lipinski definition) is 0. The second-order valence-electron chi connectivity index (χ2n) is 4.46. The van der Waals surface area contributed by atoms with E-state index in [4.69, 9.17) is 21.1 Å². The van der Waals surface area contributed by atoms with Crippen molar-refractivity contribution in [2.45, 2.75) is 18.9 Å². The van der Waals surface area contributed by atoms with Crippen LogP contribution in [0, 0.1) is 0 Å². The van der Waals surface area contributed by atoms with Crippen LogP contribution < -0.4 is 14.4 Å². The van der Waals surface area contributed by atoms with Crippen molar-refractivity contribution in [3.05, 3.63) is 18.2 Å². The average molecular weight is 268 g/mol. The van der Waals surface area contributed by atoms with Gasteiger partial charge in [0.25, 0.3) is 0 Å². The van der Waals surface area contributed by atoms with Gasteiger partial charge in [0.1, 0.15) is 0 Å².